The summed E-state index contributed by atoms with van der Waals surface area (Å²) in [5, 5.41) is 5.86. The summed E-state index contributed by atoms with van der Waals surface area (Å²) in [7, 11) is 0. The number of anilines is 1. The van der Waals surface area contributed by atoms with Crippen LogP contribution in [0.1, 0.15) is 10.7 Å². The molecule has 4 heterocycles. The van der Waals surface area contributed by atoms with E-state index in [1.807, 2.05) is 58.6 Å². The lowest BCUT2D eigenvalue weighted by Crippen LogP contribution is -2.25. The van der Waals surface area contributed by atoms with Crippen LogP contribution < -0.4 is 10.1 Å². The predicted molar refractivity (Wildman–Crippen MR) is 99.7 cm³/mol. The predicted octanol–water partition coefficient (Wildman–Crippen LogP) is 3.38. The van der Waals surface area contributed by atoms with Crippen molar-refractivity contribution in [3.05, 3.63) is 64.9 Å². The van der Waals surface area contributed by atoms with Crippen molar-refractivity contribution in [2.75, 3.05) is 11.9 Å². The molecule has 5 rings (SSSR count). The number of hydrogen-bond acceptors (Lipinski definition) is 5. The third-order valence-corrected chi connectivity index (χ3v) is 5.05. The monoisotopic (exact) mass is 362 g/mol. The van der Waals surface area contributed by atoms with Gasteiger partial charge in [0.1, 0.15) is 11.4 Å². The summed E-state index contributed by atoms with van der Waals surface area (Å²) in [4.78, 5) is 20.8. The van der Waals surface area contributed by atoms with Crippen LogP contribution in [0.15, 0.2) is 54.2 Å². The smallest absolute Gasteiger partial charge is 0.262 e. The van der Waals surface area contributed by atoms with E-state index in [4.69, 9.17) is 9.72 Å². The summed E-state index contributed by atoms with van der Waals surface area (Å²) in [5.74, 6) is 0.550. The lowest BCUT2D eigenvalue weighted by atomic mass is 10.1. The minimum absolute atomic E-state index is 0.0617. The lowest BCUT2D eigenvalue weighted by Gasteiger charge is -2.18. The van der Waals surface area contributed by atoms with Gasteiger partial charge in [-0.05, 0) is 30.3 Å². The summed E-state index contributed by atoms with van der Waals surface area (Å²) in [6.07, 6.45) is 4.71. The molecule has 26 heavy (non-hydrogen) atoms. The van der Waals surface area contributed by atoms with Crippen molar-refractivity contribution in [1.29, 1.82) is 0 Å². The highest BCUT2D eigenvalue weighted by Gasteiger charge is 2.17. The van der Waals surface area contributed by atoms with Gasteiger partial charge < -0.3 is 14.5 Å². The number of carbonyl (C=O) groups excluding carboxylic acids is 1. The van der Waals surface area contributed by atoms with E-state index in [1.54, 1.807) is 11.3 Å². The molecule has 7 heteroatoms. The topological polar surface area (TPSA) is 68.5 Å². The average molecular weight is 362 g/mol. The second-order valence-corrected chi connectivity index (χ2v) is 6.99. The van der Waals surface area contributed by atoms with Gasteiger partial charge in [-0.1, -0.05) is 6.07 Å². The van der Waals surface area contributed by atoms with E-state index in [0.717, 1.165) is 27.6 Å². The van der Waals surface area contributed by atoms with E-state index in [-0.39, 0.29) is 12.5 Å². The molecule has 1 N–H and O–H groups in total. The minimum Gasteiger partial charge on any atom is -0.482 e. The van der Waals surface area contributed by atoms with Gasteiger partial charge in [0.15, 0.2) is 6.61 Å². The molecule has 0 saturated heterocycles. The Morgan fingerprint density at radius 2 is 2.19 bits per heavy atom. The fourth-order valence-electron chi connectivity index (χ4n) is 2.99. The maximum absolute atomic E-state index is 11.5. The maximum atomic E-state index is 11.5. The van der Waals surface area contributed by atoms with Gasteiger partial charge in [0.25, 0.3) is 5.91 Å². The molecule has 0 spiro atoms. The number of ether oxygens (including phenoxy) is 1. The van der Waals surface area contributed by atoms with Crippen LogP contribution in [0.3, 0.4) is 0 Å². The van der Waals surface area contributed by atoms with Crippen LogP contribution in [-0.2, 0) is 11.2 Å². The quantitative estimate of drug-likeness (QED) is 0.607. The number of amides is 1. The van der Waals surface area contributed by atoms with Gasteiger partial charge in [0.05, 0.1) is 22.1 Å². The lowest BCUT2D eigenvalue weighted by molar-refractivity contribution is -0.118. The van der Waals surface area contributed by atoms with E-state index in [0.29, 0.717) is 17.9 Å². The largest absolute Gasteiger partial charge is 0.482 e. The number of nitrogens with one attached hydrogen (secondary N) is 1. The zero-order valence-corrected chi connectivity index (χ0v) is 14.5. The molecule has 1 aliphatic heterocycles. The highest BCUT2D eigenvalue weighted by Crippen LogP contribution is 2.33. The third kappa shape index (κ3) is 2.72. The molecule has 0 aliphatic carbocycles. The van der Waals surface area contributed by atoms with Gasteiger partial charge in [-0.25, -0.2) is 9.97 Å². The molecule has 0 saturated carbocycles. The van der Waals surface area contributed by atoms with E-state index < -0.39 is 0 Å². The molecule has 0 fully saturated rings. The van der Waals surface area contributed by atoms with Crippen LogP contribution in [0.2, 0.25) is 0 Å². The van der Waals surface area contributed by atoms with E-state index in [1.165, 1.54) is 0 Å². The number of nitrogens with zero attached hydrogens (tertiary/aromatic N) is 3. The summed E-state index contributed by atoms with van der Waals surface area (Å²) >= 11 is 1.61. The van der Waals surface area contributed by atoms with E-state index in [2.05, 4.69) is 10.3 Å². The number of thiazole rings is 1. The van der Waals surface area contributed by atoms with Gasteiger partial charge in [-0.2, -0.15) is 0 Å². The first-order valence-electron chi connectivity index (χ1n) is 8.19. The Balaban J connectivity index is 1.41. The number of hydrogen-bond donors (Lipinski definition) is 1. The van der Waals surface area contributed by atoms with Gasteiger partial charge in [0.2, 0.25) is 0 Å². The van der Waals surface area contributed by atoms with Crippen LogP contribution >= 0.6 is 11.3 Å². The number of fused-ring (bicyclic) bond motifs is 2. The molecule has 0 unspecified atom stereocenters. The number of imidazole rings is 1. The maximum Gasteiger partial charge on any atom is 0.262 e. The Hall–Kier alpha value is -3.19. The van der Waals surface area contributed by atoms with Crippen molar-refractivity contribution in [2.45, 2.75) is 6.42 Å². The Kier molecular flexibility index (Phi) is 3.46. The zero-order chi connectivity index (χ0) is 17.5. The standard InChI is InChI=1S/C19H14N4O2S/c24-18-10-25-16-5-4-12(7-14(16)21-18)15-11-26-19(22-15)8-13-9-23-6-2-1-3-17(23)20-13/h1-7,9,11H,8,10H2,(H,21,24). The molecule has 128 valence electrons. The molecule has 3 aromatic heterocycles. The van der Waals surface area contributed by atoms with Crippen LogP contribution in [0.5, 0.6) is 5.75 Å². The number of carbonyl (C=O) groups is 1. The van der Waals surface area contributed by atoms with Crippen molar-refractivity contribution in [3.63, 3.8) is 0 Å². The molecule has 0 bridgehead atoms. The Morgan fingerprint density at radius 3 is 3.12 bits per heavy atom. The first-order valence-corrected chi connectivity index (χ1v) is 9.07. The fraction of sp³-hybridized carbons (Fsp3) is 0.105. The van der Waals surface area contributed by atoms with E-state index >= 15 is 0 Å². The molecule has 1 aliphatic rings. The molecule has 0 radical (unpaired) electrons. The highest BCUT2D eigenvalue weighted by atomic mass is 32.1. The summed E-state index contributed by atoms with van der Waals surface area (Å²) in [5.41, 5.74) is 4.45. The number of pyridine rings is 1. The minimum atomic E-state index is -0.138. The molecule has 6 nitrogen and oxygen atoms in total. The SMILES string of the molecule is O=C1COc2ccc(-c3csc(Cc4cn5ccccc5n4)n3)cc2N1. The molecular weight excluding hydrogens is 348 g/mol. The van der Waals surface area contributed by atoms with Crippen molar-refractivity contribution >= 4 is 28.6 Å². The van der Waals surface area contributed by atoms with Gasteiger partial charge in [-0.3, -0.25) is 4.79 Å². The van der Waals surface area contributed by atoms with Gasteiger partial charge in [0, 0.05) is 29.8 Å². The van der Waals surface area contributed by atoms with Gasteiger partial charge >= 0.3 is 0 Å². The van der Waals surface area contributed by atoms with Crippen molar-refractivity contribution in [1.82, 2.24) is 14.4 Å². The normalized spacial score (nSPS) is 13.3. The summed E-state index contributed by atoms with van der Waals surface area (Å²) in [6.45, 7) is 0.0617. The van der Waals surface area contributed by atoms with Crippen LogP contribution in [-0.4, -0.2) is 26.9 Å². The molecule has 4 aromatic rings. The summed E-state index contributed by atoms with van der Waals surface area (Å²) in [6, 6.07) is 11.7. The van der Waals surface area contributed by atoms with Crippen LogP contribution in [0, 0.1) is 0 Å². The Labute approximate surface area is 153 Å². The number of benzene rings is 1. The third-order valence-electron chi connectivity index (χ3n) is 4.21. The molecule has 1 amide bonds. The second kappa shape index (κ2) is 5.96. The van der Waals surface area contributed by atoms with E-state index in [9.17, 15) is 4.79 Å². The first-order chi connectivity index (χ1) is 12.7. The first kappa shape index (κ1) is 15.1. The fourth-order valence-corrected chi connectivity index (χ4v) is 3.81. The van der Waals surface area contributed by atoms with Gasteiger partial charge in [-0.15, -0.1) is 11.3 Å². The van der Waals surface area contributed by atoms with Crippen molar-refractivity contribution < 1.29 is 9.53 Å². The average Bonchev–Trinajstić information content (AvgIpc) is 3.27. The molecular formula is C19H14N4O2S. The molecule has 1 aromatic carbocycles. The zero-order valence-electron chi connectivity index (χ0n) is 13.7. The Bertz CT molecular complexity index is 1100. The second-order valence-electron chi connectivity index (χ2n) is 6.05. The Morgan fingerprint density at radius 1 is 1.23 bits per heavy atom. The van der Waals surface area contributed by atoms with Crippen molar-refractivity contribution in [3.8, 4) is 17.0 Å². The van der Waals surface area contributed by atoms with Crippen LogP contribution in [0.25, 0.3) is 16.9 Å². The highest BCUT2D eigenvalue weighted by molar-refractivity contribution is 7.10. The molecule has 0 atom stereocenters. The number of rotatable bonds is 3. The van der Waals surface area contributed by atoms with Crippen LogP contribution in [0.4, 0.5) is 5.69 Å². The number of aromatic nitrogens is 3. The van der Waals surface area contributed by atoms with Crippen molar-refractivity contribution in [2.24, 2.45) is 0 Å². The summed E-state index contributed by atoms with van der Waals surface area (Å²) < 4.78 is 7.41.